The minimum absolute atomic E-state index is 0.102. The van der Waals surface area contributed by atoms with Crippen LogP contribution in [0.1, 0.15) is 28.9 Å². The summed E-state index contributed by atoms with van der Waals surface area (Å²) in [4.78, 5) is 11.1. The number of rotatable bonds is 9. The van der Waals surface area contributed by atoms with Crippen molar-refractivity contribution in [3.05, 3.63) is 59.7 Å². The van der Waals surface area contributed by atoms with Crippen molar-refractivity contribution in [2.24, 2.45) is 0 Å². The summed E-state index contributed by atoms with van der Waals surface area (Å²) < 4.78 is 33.3. The van der Waals surface area contributed by atoms with Gasteiger partial charge in [0.2, 0.25) is 10.0 Å². The average molecular weight is 378 g/mol. The zero-order chi connectivity index (χ0) is 19.2. The third kappa shape index (κ3) is 5.04. The van der Waals surface area contributed by atoms with E-state index in [1.807, 2.05) is 30.3 Å². The van der Waals surface area contributed by atoms with Crippen molar-refractivity contribution in [2.45, 2.75) is 17.9 Å². The lowest BCUT2D eigenvalue weighted by Crippen LogP contribution is -2.28. The van der Waals surface area contributed by atoms with Crippen LogP contribution in [0.25, 0.3) is 0 Å². The van der Waals surface area contributed by atoms with Crippen molar-refractivity contribution in [3.8, 4) is 0 Å². The zero-order valence-corrected chi connectivity index (χ0v) is 15.4. The third-order valence-corrected chi connectivity index (χ3v) is 5.35. The summed E-state index contributed by atoms with van der Waals surface area (Å²) in [6.07, 6.45) is 0. The van der Waals surface area contributed by atoms with Crippen molar-refractivity contribution in [1.82, 2.24) is 4.72 Å². The number of carbonyl (C=O) groups is 1. The molecule has 2 rings (SSSR count). The predicted molar refractivity (Wildman–Crippen MR) is 98.9 cm³/mol. The van der Waals surface area contributed by atoms with E-state index in [-0.39, 0.29) is 10.5 Å². The number of hydrogen-bond acceptors (Lipinski definition) is 5. The molecule has 0 fully saturated rings. The maximum absolute atomic E-state index is 12.9. The second-order valence-corrected chi connectivity index (χ2v) is 7.37. The number of sulfonamides is 1. The Bertz CT molecular complexity index is 853. The van der Waals surface area contributed by atoms with E-state index in [0.29, 0.717) is 18.8 Å². The number of nitrogens with one attached hydrogen (secondary N) is 2. The SMILES string of the molecule is COCCNc1ccc(C(=O)O)cc1S(=O)(=O)N[C@@H](C)c1ccccc1. The standard InChI is InChI=1S/C18H22N2O5S/c1-13(14-6-4-3-5-7-14)20-26(23,24)17-12-15(18(21)22)8-9-16(17)19-10-11-25-2/h3-9,12-13,19-20H,10-11H2,1-2H3,(H,21,22)/t13-/m0/s1. The van der Waals surface area contributed by atoms with Crippen molar-refractivity contribution in [3.63, 3.8) is 0 Å². The van der Waals surface area contributed by atoms with Gasteiger partial charge < -0.3 is 15.2 Å². The van der Waals surface area contributed by atoms with Crippen LogP contribution in [0.3, 0.4) is 0 Å². The van der Waals surface area contributed by atoms with Gasteiger partial charge in [-0.3, -0.25) is 0 Å². The Morgan fingerprint density at radius 3 is 2.50 bits per heavy atom. The number of anilines is 1. The first kappa shape index (κ1) is 19.9. The number of hydrogen-bond donors (Lipinski definition) is 3. The van der Waals surface area contributed by atoms with E-state index in [0.717, 1.165) is 11.6 Å². The Labute approximate surface area is 153 Å². The van der Waals surface area contributed by atoms with Gasteiger partial charge in [0.25, 0.3) is 0 Å². The van der Waals surface area contributed by atoms with E-state index in [1.54, 1.807) is 6.92 Å². The molecular weight excluding hydrogens is 356 g/mol. The Balaban J connectivity index is 2.35. The summed E-state index contributed by atoms with van der Waals surface area (Å²) in [5.74, 6) is -1.19. The molecule has 0 amide bonds. The van der Waals surface area contributed by atoms with Gasteiger partial charge in [0.05, 0.1) is 17.9 Å². The van der Waals surface area contributed by atoms with Crippen molar-refractivity contribution >= 4 is 21.7 Å². The first-order valence-electron chi connectivity index (χ1n) is 8.02. The molecule has 2 aromatic carbocycles. The van der Waals surface area contributed by atoms with Crippen LogP contribution in [0.15, 0.2) is 53.4 Å². The second-order valence-electron chi connectivity index (χ2n) is 5.69. The fourth-order valence-electron chi connectivity index (χ4n) is 2.42. The first-order valence-corrected chi connectivity index (χ1v) is 9.51. The summed E-state index contributed by atoms with van der Waals surface area (Å²) in [6.45, 7) is 2.50. The maximum Gasteiger partial charge on any atom is 0.335 e. The van der Waals surface area contributed by atoms with E-state index < -0.39 is 22.0 Å². The number of benzene rings is 2. The Kier molecular flexibility index (Phi) is 6.73. The lowest BCUT2D eigenvalue weighted by molar-refractivity contribution is 0.0696. The highest BCUT2D eigenvalue weighted by Gasteiger charge is 2.23. The molecule has 0 saturated carbocycles. The molecule has 0 unspecified atom stereocenters. The average Bonchev–Trinajstić information content (AvgIpc) is 2.62. The fraction of sp³-hybridized carbons (Fsp3) is 0.278. The van der Waals surface area contributed by atoms with Gasteiger partial charge in [-0.25, -0.2) is 17.9 Å². The second kappa shape index (κ2) is 8.79. The molecule has 0 saturated heterocycles. The Hall–Kier alpha value is -2.42. The summed E-state index contributed by atoms with van der Waals surface area (Å²) in [5.41, 5.74) is 1.02. The smallest absolute Gasteiger partial charge is 0.335 e. The minimum atomic E-state index is -3.95. The van der Waals surface area contributed by atoms with Crippen LogP contribution in [0.4, 0.5) is 5.69 Å². The predicted octanol–water partition coefficient (Wildman–Crippen LogP) is 2.48. The lowest BCUT2D eigenvalue weighted by Gasteiger charge is -2.18. The highest BCUT2D eigenvalue weighted by molar-refractivity contribution is 7.89. The van der Waals surface area contributed by atoms with Gasteiger partial charge >= 0.3 is 5.97 Å². The summed E-state index contributed by atoms with van der Waals surface area (Å²) in [6, 6.07) is 12.6. The molecule has 0 spiro atoms. The van der Waals surface area contributed by atoms with E-state index >= 15 is 0 Å². The lowest BCUT2D eigenvalue weighted by atomic mass is 10.1. The molecule has 7 nitrogen and oxygen atoms in total. The van der Waals surface area contributed by atoms with Gasteiger partial charge in [-0.1, -0.05) is 30.3 Å². The molecule has 0 aliphatic rings. The summed E-state index contributed by atoms with van der Waals surface area (Å²) in [7, 11) is -2.41. The van der Waals surface area contributed by atoms with Crippen LogP contribution in [-0.4, -0.2) is 39.8 Å². The van der Waals surface area contributed by atoms with Crippen molar-refractivity contribution in [1.29, 1.82) is 0 Å². The van der Waals surface area contributed by atoms with Gasteiger partial charge in [0.15, 0.2) is 0 Å². The van der Waals surface area contributed by atoms with Crippen LogP contribution in [0.5, 0.6) is 0 Å². The fourth-order valence-corrected chi connectivity index (χ4v) is 3.86. The number of aromatic carboxylic acids is 1. The molecular formula is C18H22N2O5S. The van der Waals surface area contributed by atoms with E-state index in [1.165, 1.54) is 19.2 Å². The summed E-state index contributed by atoms with van der Waals surface area (Å²) in [5, 5.41) is 12.1. The molecule has 2 aromatic rings. The number of ether oxygens (including phenoxy) is 1. The van der Waals surface area contributed by atoms with E-state index in [9.17, 15) is 18.3 Å². The maximum atomic E-state index is 12.9. The Morgan fingerprint density at radius 1 is 1.19 bits per heavy atom. The summed E-state index contributed by atoms with van der Waals surface area (Å²) >= 11 is 0. The van der Waals surface area contributed by atoms with Gasteiger partial charge in [-0.15, -0.1) is 0 Å². The monoisotopic (exact) mass is 378 g/mol. The largest absolute Gasteiger partial charge is 0.478 e. The van der Waals surface area contributed by atoms with Crippen LogP contribution < -0.4 is 10.0 Å². The van der Waals surface area contributed by atoms with Crippen molar-refractivity contribution in [2.75, 3.05) is 25.6 Å². The molecule has 0 radical (unpaired) electrons. The van der Waals surface area contributed by atoms with E-state index in [2.05, 4.69) is 10.0 Å². The van der Waals surface area contributed by atoms with Crippen LogP contribution in [-0.2, 0) is 14.8 Å². The topological polar surface area (TPSA) is 105 Å². The molecule has 0 heterocycles. The minimum Gasteiger partial charge on any atom is -0.478 e. The molecule has 26 heavy (non-hydrogen) atoms. The number of methoxy groups -OCH3 is 1. The normalized spacial score (nSPS) is 12.5. The molecule has 0 aliphatic carbocycles. The van der Waals surface area contributed by atoms with Gasteiger partial charge in [-0.2, -0.15) is 0 Å². The van der Waals surface area contributed by atoms with Crippen LogP contribution >= 0.6 is 0 Å². The molecule has 0 aliphatic heterocycles. The quantitative estimate of drug-likeness (QED) is 0.579. The van der Waals surface area contributed by atoms with Gasteiger partial charge in [0.1, 0.15) is 4.90 Å². The third-order valence-electron chi connectivity index (χ3n) is 3.77. The molecule has 0 aromatic heterocycles. The van der Waals surface area contributed by atoms with Gasteiger partial charge in [-0.05, 0) is 30.7 Å². The molecule has 8 heteroatoms. The highest BCUT2D eigenvalue weighted by Crippen LogP contribution is 2.25. The zero-order valence-electron chi connectivity index (χ0n) is 14.6. The molecule has 0 bridgehead atoms. The highest BCUT2D eigenvalue weighted by atomic mass is 32.2. The first-order chi connectivity index (χ1) is 12.3. The Morgan fingerprint density at radius 2 is 1.88 bits per heavy atom. The van der Waals surface area contributed by atoms with Crippen LogP contribution in [0, 0.1) is 0 Å². The van der Waals surface area contributed by atoms with Crippen molar-refractivity contribution < 1.29 is 23.1 Å². The number of carboxylic acids is 1. The number of carboxylic acid groups (broad SMARTS) is 1. The van der Waals surface area contributed by atoms with Crippen LogP contribution in [0.2, 0.25) is 0 Å². The van der Waals surface area contributed by atoms with E-state index in [4.69, 9.17) is 4.74 Å². The van der Waals surface area contributed by atoms with Gasteiger partial charge in [0, 0.05) is 19.7 Å². The molecule has 1 atom stereocenters. The molecule has 140 valence electrons. The molecule has 3 N–H and O–H groups in total.